The summed E-state index contributed by atoms with van der Waals surface area (Å²) < 4.78 is 43.8. The van der Waals surface area contributed by atoms with Crippen molar-refractivity contribution >= 4 is 5.91 Å². The number of hydrogen-bond acceptors (Lipinski definition) is 5. The number of carbonyl (C=O) groups excluding carboxylic acids is 1. The third-order valence-corrected chi connectivity index (χ3v) is 5.89. The molecule has 0 saturated carbocycles. The second-order valence-corrected chi connectivity index (χ2v) is 8.93. The van der Waals surface area contributed by atoms with Crippen molar-refractivity contribution in [3.8, 4) is 28.3 Å². The molecule has 10 heteroatoms. The maximum atomic E-state index is 13.2. The number of benzene rings is 1. The molecule has 1 fully saturated rings. The molecule has 7 nitrogen and oxygen atoms in total. The van der Waals surface area contributed by atoms with Gasteiger partial charge in [0.1, 0.15) is 5.75 Å². The molecule has 1 amide bonds. The molecule has 3 heterocycles. The van der Waals surface area contributed by atoms with Crippen molar-refractivity contribution < 1.29 is 22.7 Å². The maximum Gasteiger partial charge on any atom is 0.422 e. The minimum Gasteiger partial charge on any atom is -0.484 e. The van der Waals surface area contributed by atoms with Gasteiger partial charge in [-0.15, -0.1) is 0 Å². The van der Waals surface area contributed by atoms with Crippen LogP contribution in [0.25, 0.3) is 22.5 Å². The second kappa shape index (κ2) is 10.1. The summed E-state index contributed by atoms with van der Waals surface area (Å²) in [5.41, 5.74) is 3.80. The lowest BCUT2D eigenvalue weighted by Crippen LogP contribution is -2.46. The minimum atomic E-state index is -4.41. The molecule has 0 radical (unpaired) electrons. The van der Waals surface area contributed by atoms with E-state index in [1.165, 1.54) is 12.1 Å². The van der Waals surface area contributed by atoms with E-state index in [2.05, 4.69) is 15.3 Å². The highest BCUT2D eigenvalue weighted by atomic mass is 19.4. The van der Waals surface area contributed by atoms with Gasteiger partial charge in [-0.2, -0.15) is 18.3 Å². The number of nitrogens with one attached hydrogen (secondary N) is 1. The topological polar surface area (TPSA) is 72.3 Å². The van der Waals surface area contributed by atoms with E-state index < -0.39 is 12.8 Å². The molecule has 1 aliphatic heterocycles. The molecule has 1 atom stereocenters. The van der Waals surface area contributed by atoms with Crippen LogP contribution in [0, 0.1) is 6.92 Å². The predicted octanol–water partition coefficient (Wildman–Crippen LogP) is 4.22. The van der Waals surface area contributed by atoms with Crippen molar-refractivity contribution in [2.75, 3.05) is 26.7 Å². The average Bonchev–Trinajstić information content (AvgIpc) is 3.15. The van der Waals surface area contributed by atoms with E-state index in [1.54, 1.807) is 28.9 Å². The van der Waals surface area contributed by atoms with E-state index in [0.29, 0.717) is 22.5 Å². The molecule has 1 unspecified atom stereocenters. The molecule has 3 aromatic rings. The van der Waals surface area contributed by atoms with Crippen LogP contribution in [0.15, 0.2) is 42.6 Å². The number of nitrogens with zero attached hydrogens (tertiary/aromatic N) is 4. The zero-order valence-electron chi connectivity index (χ0n) is 19.9. The Morgan fingerprint density at radius 3 is 2.51 bits per heavy atom. The van der Waals surface area contributed by atoms with E-state index >= 15 is 0 Å². The van der Waals surface area contributed by atoms with Crippen LogP contribution in [0.5, 0.6) is 5.75 Å². The van der Waals surface area contributed by atoms with Crippen LogP contribution in [-0.2, 0) is 7.05 Å². The minimum absolute atomic E-state index is 0.0616. The number of pyridine rings is 1. The lowest BCUT2D eigenvalue weighted by molar-refractivity contribution is -0.153. The van der Waals surface area contributed by atoms with Gasteiger partial charge in [0.15, 0.2) is 6.61 Å². The standard InChI is InChI=1S/C25H28F3N5O2/c1-16-21(14-33(3)31-16)23-12-18(24(34)29-19-5-4-10-32(2)13-19)11-22(30-23)17-6-8-20(9-7-17)35-15-25(26,27)28/h6-9,11-12,14,19H,4-5,10,13,15H2,1-3H3,(H,29,34). The second-order valence-electron chi connectivity index (χ2n) is 8.93. The van der Waals surface area contributed by atoms with Gasteiger partial charge in [-0.25, -0.2) is 4.98 Å². The molecule has 1 N–H and O–H groups in total. The Hall–Kier alpha value is -3.40. The van der Waals surface area contributed by atoms with Crippen LogP contribution in [-0.4, -0.2) is 64.5 Å². The lowest BCUT2D eigenvalue weighted by Gasteiger charge is -2.30. The molecule has 1 aliphatic rings. The van der Waals surface area contributed by atoms with E-state index in [0.717, 1.165) is 37.2 Å². The van der Waals surface area contributed by atoms with Gasteiger partial charge >= 0.3 is 6.18 Å². The van der Waals surface area contributed by atoms with Crippen LogP contribution in [0.2, 0.25) is 0 Å². The summed E-state index contributed by atoms with van der Waals surface area (Å²) in [6.45, 7) is 2.31. The van der Waals surface area contributed by atoms with E-state index in [9.17, 15) is 18.0 Å². The van der Waals surface area contributed by atoms with Gasteiger partial charge in [0, 0.05) is 42.5 Å². The largest absolute Gasteiger partial charge is 0.484 e. The van der Waals surface area contributed by atoms with Crippen molar-refractivity contribution in [3.05, 3.63) is 53.9 Å². The fourth-order valence-corrected chi connectivity index (χ4v) is 4.24. The van der Waals surface area contributed by atoms with Crippen LogP contribution < -0.4 is 10.1 Å². The quantitative estimate of drug-likeness (QED) is 0.564. The molecular weight excluding hydrogens is 459 g/mol. The molecule has 2 aromatic heterocycles. The number of halogens is 3. The van der Waals surface area contributed by atoms with Gasteiger partial charge in [-0.3, -0.25) is 9.48 Å². The average molecular weight is 488 g/mol. The van der Waals surface area contributed by atoms with E-state index in [-0.39, 0.29) is 17.7 Å². The van der Waals surface area contributed by atoms with Gasteiger partial charge in [0.25, 0.3) is 5.91 Å². The van der Waals surface area contributed by atoms with Crippen molar-refractivity contribution in [1.29, 1.82) is 0 Å². The number of carbonyl (C=O) groups is 1. The van der Waals surface area contributed by atoms with Crippen LogP contribution in [0.1, 0.15) is 28.9 Å². The van der Waals surface area contributed by atoms with Gasteiger partial charge < -0.3 is 15.0 Å². The number of aromatic nitrogens is 3. The van der Waals surface area contributed by atoms with Gasteiger partial charge in [-0.05, 0) is 69.8 Å². The summed E-state index contributed by atoms with van der Waals surface area (Å²) in [5.74, 6) is -0.0911. The highest BCUT2D eigenvalue weighted by Gasteiger charge is 2.28. The number of rotatable bonds is 6. The molecule has 4 rings (SSSR count). The molecular formula is C25H28F3N5O2. The first-order valence-electron chi connectivity index (χ1n) is 11.4. The smallest absolute Gasteiger partial charge is 0.422 e. The van der Waals surface area contributed by atoms with Crippen molar-refractivity contribution in [1.82, 2.24) is 25.0 Å². The van der Waals surface area contributed by atoms with Crippen LogP contribution >= 0.6 is 0 Å². The fourth-order valence-electron chi connectivity index (χ4n) is 4.24. The summed E-state index contributed by atoms with van der Waals surface area (Å²) in [7, 11) is 3.85. The Kier molecular flexibility index (Phi) is 7.11. The lowest BCUT2D eigenvalue weighted by atomic mass is 10.0. The Balaban J connectivity index is 1.65. The van der Waals surface area contributed by atoms with E-state index in [1.807, 2.05) is 27.2 Å². The predicted molar refractivity (Wildman–Crippen MR) is 126 cm³/mol. The van der Waals surface area contributed by atoms with Crippen molar-refractivity contribution in [3.63, 3.8) is 0 Å². The number of hydrogen-bond donors (Lipinski definition) is 1. The number of likely N-dealkylation sites (N-methyl/N-ethyl adjacent to an activating group) is 1. The van der Waals surface area contributed by atoms with Crippen LogP contribution in [0.4, 0.5) is 13.2 Å². The Morgan fingerprint density at radius 1 is 1.17 bits per heavy atom. The highest BCUT2D eigenvalue weighted by molar-refractivity contribution is 5.96. The molecule has 35 heavy (non-hydrogen) atoms. The fraction of sp³-hybridized carbons (Fsp3) is 0.400. The normalized spacial score (nSPS) is 16.8. The Bertz CT molecular complexity index is 1190. The molecule has 0 aliphatic carbocycles. The SMILES string of the molecule is Cc1nn(C)cc1-c1cc(C(=O)NC2CCCN(C)C2)cc(-c2ccc(OCC(F)(F)F)cc2)n1. The number of likely N-dealkylation sites (tertiary alicyclic amines) is 1. The third kappa shape index (κ3) is 6.39. The number of ether oxygens (including phenoxy) is 1. The highest BCUT2D eigenvalue weighted by Crippen LogP contribution is 2.28. The monoisotopic (exact) mass is 487 g/mol. The molecule has 0 bridgehead atoms. The van der Waals surface area contributed by atoms with Crippen molar-refractivity contribution in [2.45, 2.75) is 32.0 Å². The summed E-state index contributed by atoms with van der Waals surface area (Å²) in [5, 5.41) is 7.51. The Morgan fingerprint density at radius 2 is 1.89 bits per heavy atom. The zero-order chi connectivity index (χ0) is 25.2. The number of piperidine rings is 1. The van der Waals surface area contributed by atoms with Gasteiger partial charge in [0.05, 0.1) is 17.1 Å². The summed E-state index contributed by atoms with van der Waals surface area (Å²) in [4.78, 5) is 20.1. The number of alkyl halides is 3. The van der Waals surface area contributed by atoms with Gasteiger partial charge in [-0.1, -0.05) is 0 Å². The molecule has 0 spiro atoms. The molecule has 186 valence electrons. The summed E-state index contributed by atoms with van der Waals surface area (Å²) >= 11 is 0. The van der Waals surface area contributed by atoms with Crippen LogP contribution in [0.3, 0.4) is 0 Å². The Labute approximate surface area is 201 Å². The molecule has 1 aromatic carbocycles. The maximum absolute atomic E-state index is 13.2. The summed E-state index contributed by atoms with van der Waals surface area (Å²) in [6.07, 6.45) is -0.632. The van der Waals surface area contributed by atoms with Crippen molar-refractivity contribution in [2.24, 2.45) is 7.05 Å². The zero-order valence-corrected chi connectivity index (χ0v) is 19.9. The molecule has 1 saturated heterocycles. The first kappa shape index (κ1) is 24.7. The summed E-state index contributed by atoms with van der Waals surface area (Å²) in [6, 6.07) is 9.69. The number of amides is 1. The van der Waals surface area contributed by atoms with E-state index in [4.69, 9.17) is 9.72 Å². The first-order chi connectivity index (χ1) is 16.6. The van der Waals surface area contributed by atoms with Gasteiger partial charge in [0.2, 0.25) is 0 Å². The third-order valence-electron chi connectivity index (χ3n) is 5.89. The first-order valence-corrected chi connectivity index (χ1v) is 11.4. The number of aryl methyl sites for hydroxylation is 2.